The summed E-state index contributed by atoms with van der Waals surface area (Å²) in [5.41, 5.74) is 7.26. The molecule has 5 nitrogen and oxygen atoms in total. The molecular formula is C15H20ClN3O2. The molecule has 0 atom stereocenters. The van der Waals surface area contributed by atoms with Crippen LogP contribution in [0, 0.1) is 6.92 Å². The van der Waals surface area contributed by atoms with Crippen molar-refractivity contribution in [1.29, 1.82) is 0 Å². The molecule has 1 heterocycles. The highest BCUT2D eigenvalue weighted by molar-refractivity contribution is 6.00. The molecule has 3 N–H and O–H groups in total. The van der Waals surface area contributed by atoms with Gasteiger partial charge in [0.15, 0.2) is 0 Å². The van der Waals surface area contributed by atoms with Gasteiger partial charge in [-0.2, -0.15) is 0 Å². The summed E-state index contributed by atoms with van der Waals surface area (Å²) < 4.78 is 5.16. The van der Waals surface area contributed by atoms with Crippen LogP contribution in [-0.4, -0.2) is 23.1 Å². The van der Waals surface area contributed by atoms with E-state index < -0.39 is 5.54 Å². The summed E-state index contributed by atoms with van der Waals surface area (Å²) in [4.78, 5) is 12.3. The van der Waals surface area contributed by atoms with E-state index in [0.29, 0.717) is 23.6 Å². The molecule has 0 fully saturated rings. The Morgan fingerprint density at radius 1 is 1.33 bits per heavy atom. The lowest BCUT2D eigenvalue weighted by Crippen LogP contribution is -2.45. The van der Waals surface area contributed by atoms with Gasteiger partial charge in [0.2, 0.25) is 0 Å². The van der Waals surface area contributed by atoms with E-state index in [4.69, 9.17) is 10.3 Å². The van der Waals surface area contributed by atoms with E-state index in [2.05, 4.69) is 10.5 Å². The van der Waals surface area contributed by atoms with Gasteiger partial charge in [0.05, 0.1) is 0 Å². The predicted molar refractivity (Wildman–Crippen MR) is 84.5 cm³/mol. The largest absolute Gasteiger partial charge is 0.360 e. The van der Waals surface area contributed by atoms with Crippen LogP contribution < -0.4 is 11.1 Å². The number of carbonyl (C=O) groups excluding carboxylic acids is 1. The van der Waals surface area contributed by atoms with Crippen LogP contribution in [0.4, 0.5) is 0 Å². The summed E-state index contributed by atoms with van der Waals surface area (Å²) >= 11 is 0. The van der Waals surface area contributed by atoms with Gasteiger partial charge in [-0.3, -0.25) is 4.79 Å². The zero-order chi connectivity index (χ0) is 14.8. The van der Waals surface area contributed by atoms with E-state index in [0.717, 1.165) is 5.56 Å². The van der Waals surface area contributed by atoms with Gasteiger partial charge in [0.25, 0.3) is 5.91 Å². The molecule has 1 amide bonds. The fraction of sp³-hybridized carbons (Fsp3) is 0.333. The smallest absolute Gasteiger partial charge is 0.257 e. The normalized spacial score (nSPS) is 10.9. The monoisotopic (exact) mass is 309 g/mol. The molecule has 114 valence electrons. The summed E-state index contributed by atoms with van der Waals surface area (Å²) in [7, 11) is 0. The number of rotatable bonds is 4. The first-order valence-electron chi connectivity index (χ1n) is 6.47. The highest BCUT2D eigenvalue weighted by Crippen LogP contribution is 2.24. The fourth-order valence-electron chi connectivity index (χ4n) is 1.83. The van der Waals surface area contributed by atoms with Crippen LogP contribution in [0.3, 0.4) is 0 Å². The van der Waals surface area contributed by atoms with Crippen LogP contribution in [0.2, 0.25) is 0 Å². The molecule has 1 aromatic carbocycles. The Bertz CT molecular complexity index is 603. The molecular weight excluding hydrogens is 290 g/mol. The maximum atomic E-state index is 12.3. The van der Waals surface area contributed by atoms with Gasteiger partial charge >= 0.3 is 0 Å². The van der Waals surface area contributed by atoms with Crippen LogP contribution in [0.15, 0.2) is 34.9 Å². The van der Waals surface area contributed by atoms with E-state index >= 15 is 0 Å². The Labute approximate surface area is 130 Å². The second-order valence-electron chi connectivity index (χ2n) is 5.50. The van der Waals surface area contributed by atoms with E-state index in [1.165, 1.54) is 0 Å². The molecule has 2 rings (SSSR count). The lowest BCUT2D eigenvalue weighted by molar-refractivity contribution is 0.0945. The second-order valence-corrected chi connectivity index (χ2v) is 5.50. The molecule has 21 heavy (non-hydrogen) atoms. The van der Waals surface area contributed by atoms with Gasteiger partial charge in [-0.15, -0.1) is 12.4 Å². The Balaban J connectivity index is 0.00000220. The van der Waals surface area contributed by atoms with Crippen molar-refractivity contribution in [3.05, 3.63) is 41.7 Å². The number of aryl methyl sites for hydroxylation is 1. The number of hydrogen-bond acceptors (Lipinski definition) is 4. The van der Waals surface area contributed by atoms with E-state index in [-0.39, 0.29) is 18.3 Å². The molecule has 2 aromatic rings. The quantitative estimate of drug-likeness (QED) is 0.909. The van der Waals surface area contributed by atoms with Crippen molar-refractivity contribution in [2.24, 2.45) is 5.73 Å². The van der Waals surface area contributed by atoms with Crippen LogP contribution in [0.1, 0.15) is 30.0 Å². The molecule has 1 aromatic heterocycles. The standard InChI is InChI=1S/C15H19N3O2.ClH/c1-10-12(14(19)17-9-15(2,3)16)13(18-20-10)11-7-5-4-6-8-11;/h4-8H,9,16H2,1-3H3,(H,17,19);1H. The summed E-state index contributed by atoms with van der Waals surface area (Å²) in [5.74, 6) is 0.275. The molecule has 0 saturated carbocycles. The highest BCUT2D eigenvalue weighted by atomic mass is 35.5. The second kappa shape index (κ2) is 6.74. The third-order valence-electron chi connectivity index (χ3n) is 2.84. The zero-order valence-electron chi connectivity index (χ0n) is 12.3. The average Bonchev–Trinajstić information content (AvgIpc) is 2.78. The Morgan fingerprint density at radius 3 is 2.52 bits per heavy atom. The first kappa shape index (κ1) is 17.2. The number of aromatic nitrogens is 1. The maximum Gasteiger partial charge on any atom is 0.257 e. The molecule has 6 heteroatoms. The number of halogens is 1. The van der Waals surface area contributed by atoms with Crippen molar-refractivity contribution in [2.75, 3.05) is 6.54 Å². The number of nitrogens with one attached hydrogen (secondary N) is 1. The number of amides is 1. The minimum Gasteiger partial charge on any atom is -0.360 e. The van der Waals surface area contributed by atoms with Gasteiger partial charge < -0.3 is 15.6 Å². The van der Waals surface area contributed by atoms with Crippen LogP contribution in [0.25, 0.3) is 11.3 Å². The highest BCUT2D eigenvalue weighted by Gasteiger charge is 2.22. The van der Waals surface area contributed by atoms with Crippen molar-refractivity contribution in [1.82, 2.24) is 10.5 Å². The van der Waals surface area contributed by atoms with E-state index in [1.54, 1.807) is 6.92 Å². The SMILES string of the molecule is Cc1onc(-c2ccccc2)c1C(=O)NCC(C)(C)N.Cl. The molecule has 0 aliphatic carbocycles. The number of carbonyl (C=O) groups is 1. The Kier molecular flexibility index (Phi) is 5.52. The molecule has 0 aliphatic heterocycles. The predicted octanol–water partition coefficient (Wildman–Crippen LogP) is 2.54. The van der Waals surface area contributed by atoms with Crippen molar-refractivity contribution in [2.45, 2.75) is 26.3 Å². The molecule has 0 radical (unpaired) electrons. The van der Waals surface area contributed by atoms with Crippen LogP contribution in [0.5, 0.6) is 0 Å². The van der Waals surface area contributed by atoms with Crippen molar-refractivity contribution < 1.29 is 9.32 Å². The summed E-state index contributed by atoms with van der Waals surface area (Å²) in [6.45, 7) is 5.81. The molecule has 0 bridgehead atoms. The lowest BCUT2D eigenvalue weighted by Gasteiger charge is -2.18. The summed E-state index contributed by atoms with van der Waals surface area (Å²) in [6.07, 6.45) is 0. The van der Waals surface area contributed by atoms with Crippen molar-refractivity contribution >= 4 is 18.3 Å². The Hall–Kier alpha value is -1.85. The zero-order valence-corrected chi connectivity index (χ0v) is 13.2. The lowest BCUT2D eigenvalue weighted by atomic mass is 10.0. The number of nitrogens with two attached hydrogens (primary N) is 1. The number of hydrogen-bond donors (Lipinski definition) is 2. The summed E-state index contributed by atoms with van der Waals surface area (Å²) in [6, 6.07) is 9.48. The third kappa shape index (κ3) is 4.31. The molecule has 0 unspecified atom stereocenters. The Morgan fingerprint density at radius 2 is 1.95 bits per heavy atom. The van der Waals surface area contributed by atoms with Gasteiger partial charge in [-0.05, 0) is 20.8 Å². The maximum absolute atomic E-state index is 12.3. The van der Waals surface area contributed by atoms with Crippen molar-refractivity contribution in [3.8, 4) is 11.3 Å². The topological polar surface area (TPSA) is 81.2 Å². The van der Waals surface area contributed by atoms with E-state index in [1.807, 2.05) is 44.2 Å². The molecule has 0 spiro atoms. The third-order valence-corrected chi connectivity index (χ3v) is 2.84. The van der Waals surface area contributed by atoms with Crippen LogP contribution >= 0.6 is 12.4 Å². The molecule has 0 aliphatic rings. The first-order chi connectivity index (χ1) is 9.38. The van der Waals surface area contributed by atoms with Gasteiger partial charge in [0, 0.05) is 17.6 Å². The average molecular weight is 310 g/mol. The van der Waals surface area contributed by atoms with Gasteiger partial charge in [-0.25, -0.2) is 0 Å². The van der Waals surface area contributed by atoms with Crippen LogP contribution in [-0.2, 0) is 0 Å². The van der Waals surface area contributed by atoms with Gasteiger partial charge in [-0.1, -0.05) is 35.5 Å². The van der Waals surface area contributed by atoms with Crippen molar-refractivity contribution in [3.63, 3.8) is 0 Å². The van der Waals surface area contributed by atoms with Gasteiger partial charge in [0.1, 0.15) is 17.0 Å². The fourth-order valence-corrected chi connectivity index (χ4v) is 1.83. The molecule has 0 saturated heterocycles. The number of nitrogens with zero attached hydrogens (tertiary/aromatic N) is 1. The number of benzene rings is 1. The first-order valence-corrected chi connectivity index (χ1v) is 6.47. The van der Waals surface area contributed by atoms with E-state index in [9.17, 15) is 4.79 Å². The minimum atomic E-state index is -0.465. The minimum absolute atomic E-state index is 0. The summed E-state index contributed by atoms with van der Waals surface area (Å²) in [5, 5.41) is 6.80.